The van der Waals surface area contributed by atoms with E-state index in [2.05, 4.69) is 11.6 Å². The number of hydrogen-bond donors (Lipinski definition) is 2. The van der Waals surface area contributed by atoms with Gasteiger partial charge in [-0.05, 0) is 48.9 Å². The molecule has 2 aromatic rings. The highest BCUT2D eigenvalue weighted by Gasteiger charge is 2.11. The number of nitrogens with one attached hydrogen (secondary N) is 1. The number of para-hydroxylation sites is 1. The van der Waals surface area contributed by atoms with Crippen LogP contribution in [-0.4, -0.2) is 15.1 Å². The van der Waals surface area contributed by atoms with E-state index < -0.39 is 11.3 Å². The fraction of sp³-hybridized carbons (Fsp3) is 0.478. The summed E-state index contributed by atoms with van der Waals surface area (Å²) in [5, 5.41) is 10.3. The van der Waals surface area contributed by atoms with Gasteiger partial charge < -0.3 is 9.29 Å². The highest BCUT2D eigenvalue weighted by molar-refractivity contribution is 7.99. The Morgan fingerprint density at radius 3 is 2.34 bits per heavy atom. The molecule has 2 rings (SSSR count). The lowest BCUT2D eigenvalue weighted by molar-refractivity contribution is 0.476. The van der Waals surface area contributed by atoms with Gasteiger partial charge in [-0.2, -0.15) is 4.21 Å². The minimum absolute atomic E-state index is 0.0824. The zero-order chi connectivity index (χ0) is 20.9. The fourth-order valence-electron chi connectivity index (χ4n) is 3.01. The van der Waals surface area contributed by atoms with Crippen LogP contribution in [0.15, 0.2) is 47.4 Å². The standard InChI is InChI=1S/C23H33NO3S2/c1-3-4-5-6-7-8-9-13-16-28-23-18-22(25)21(17-19(23)2)24-29(26)27-20-14-11-10-12-15-20/h10-12,14-15,17-18,24-25H,3-9,13,16H2,1-2H3. The smallest absolute Gasteiger partial charge is 0.316 e. The van der Waals surface area contributed by atoms with E-state index >= 15 is 0 Å². The van der Waals surface area contributed by atoms with Crippen molar-refractivity contribution in [3.63, 3.8) is 0 Å². The van der Waals surface area contributed by atoms with E-state index in [9.17, 15) is 9.32 Å². The molecular weight excluding hydrogens is 402 g/mol. The highest BCUT2D eigenvalue weighted by Crippen LogP contribution is 2.33. The summed E-state index contributed by atoms with van der Waals surface area (Å²) in [6, 6.07) is 12.5. The summed E-state index contributed by atoms with van der Waals surface area (Å²) >= 11 is -0.00812. The van der Waals surface area contributed by atoms with Gasteiger partial charge >= 0.3 is 11.3 Å². The molecule has 0 aliphatic rings. The molecule has 2 aromatic carbocycles. The fourth-order valence-corrected chi connectivity index (χ4v) is 4.73. The minimum atomic E-state index is -1.78. The van der Waals surface area contributed by atoms with Gasteiger partial charge in [-0.3, -0.25) is 4.72 Å². The van der Waals surface area contributed by atoms with Crippen LogP contribution in [0.3, 0.4) is 0 Å². The molecule has 0 aliphatic carbocycles. The number of phenolic OH excluding ortho intramolecular Hbond substituents is 1. The SMILES string of the molecule is CCCCCCCCCCSc1cc(O)c(NS(=O)Oc2ccccc2)cc1C. The average Bonchev–Trinajstić information content (AvgIpc) is 2.70. The topological polar surface area (TPSA) is 58.6 Å². The Morgan fingerprint density at radius 2 is 1.66 bits per heavy atom. The second kappa shape index (κ2) is 13.5. The molecule has 6 heteroatoms. The number of hydrogen-bond acceptors (Lipinski definition) is 4. The predicted octanol–water partition coefficient (Wildman–Crippen LogP) is 7.00. The van der Waals surface area contributed by atoms with Gasteiger partial charge in [0.25, 0.3) is 0 Å². The molecule has 1 unspecified atom stereocenters. The molecule has 0 aromatic heterocycles. The third-order valence-corrected chi connectivity index (χ3v) is 6.63. The first-order valence-corrected chi connectivity index (χ1v) is 12.5. The molecule has 2 N–H and O–H groups in total. The van der Waals surface area contributed by atoms with Crippen molar-refractivity contribution >= 4 is 28.7 Å². The van der Waals surface area contributed by atoms with Crippen molar-refractivity contribution < 1.29 is 13.5 Å². The van der Waals surface area contributed by atoms with Gasteiger partial charge in [0.05, 0.1) is 5.69 Å². The monoisotopic (exact) mass is 435 g/mol. The van der Waals surface area contributed by atoms with E-state index in [1.54, 1.807) is 30.0 Å². The molecular formula is C23H33NO3S2. The Kier molecular flexibility index (Phi) is 11.0. The molecule has 0 bridgehead atoms. The molecule has 0 heterocycles. The molecule has 0 amide bonds. The zero-order valence-electron chi connectivity index (χ0n) is 17.5. The van der Waals surface area contributed by atoms with Gasteiger partial charge in [-0.15, -0.1) is 11.8 Å². The summed E-state index contributed by atoms with van der Waals surface area (Å²) in [5.41, 5.74) is 1.46. The minimum Gasteiger partial charge on any atom is -0.506 e. The number of rotatable bonds is 14. The quantitative estimate of drug-likeness (QED) is 0.190. The molecule has 0 spiro atoms. The second-order valence-electron chi connectivity index (χ2n) is 7.19. The van der Waals surface area contributed by atoms with Gasteiger partial charge in [0.1, 0.15) is 11.5 Å². The van der Waals surface area contributed by atoms with Gasteiger partial charge in [0.2, 0.25) is 0 Å². The highest BCUT2D eigenvalue weighted by atomic mass is 32.2. The normalized spacial score (nSPS) is 11.9. The predicted molar refractivity (Wildman–Crippen MR) is 125 cm³/mol. The van der Waals surface area contributed by atoms with Crippen LogP contribution in [-0.2, 0) is 11.3 Å². The van der Waals surface area contributed by atoms with E-state index in [0.29, 0.717) is 11.4 Å². The summed E-state index contributed by atoms with van der Waals surface area (Å²) in [7, 11) is 0. The van der Waals surface area contributed by atoms with Crippen molar-refractivity contribution in [2.45, 2.75) is 70.1 Å². The van der Waals surface area contributed by atoms with Crippen LogP contribution in [0.1, 0.15) is 63.9 Å². The first-order valence-electron chi connectivity index (χ1n) is 10.5. The Bertz CT molecular complexity index is 753. The van der Waals surface area contributed by atoms with Crippen LogP contribution in [0.4, 0.5) is 5.69 Å². The van der Waals surface area contributed by atoms with E-state index in [1.165, 1.54) is 51.4 Å². The summed E-state index contributed by atoms with van der Waals surface area (Å²) in [5.74, 6) is 1.64. The number of aromatic hydroxyl groups is 1. The van der Waals surface area contributed by atoms with Crippen LogP contribution in [0, 0.1) is 6.92 Å². The van der Waals surface area contributed by atoms with Gasteiger partial charge in [0, 0.05) is 4.90 Å². The van der Waals surface area contributed by atoms with Crippen molar-refractivity contribution in [1.29, 1.82) is 0 Å². The first kappa shape index (κ1) is 23.6. The summed E-state index contributed by atoms with van der Waals surface area (Å²) in [4.78, 5) is 1.06. The third kappa shape index (κ3) is 9.13. The van der Waals surface area contributed by atoms with Crippen LogP contribution >= 0.6 is 11.8 Å². The van der Waals surface area contributed by atoms with E-state index in [-0.39, 0.29) is 5.75 Å². The van der Waals surface area contributed by atoms with Gasteiger partial charge in [-0.25, -0.2) is 0 Å². The van der Waals surface area contributed by atoms with E-state index in [4.69, 9.17) is 4.18 Å². The third-order valence-electron chi connectivity index (χ3n) is 4.66. The summed E-state index contributed by atoms with van der Waals surface area (Å²) in [6.45, 7) is 4.25. The van der Waals surface area contributed by atoms with Crippen molar-refractivity contribution in [2.75, 3.05) is 10.5 Å². The van der Waals surface area contributed by atoms with E-state index in [1.807, 2.05) is 31.2 Å². The maximum absolute atomic E-state index is 12.1. The van der Waals surface area contributed by atoms with Crippen LogP contribution in [0.5, 0.6) is 11.5 Å². The Hall–Kier alpha value is -1.66. The van der Waals surface area contributed by atoms with Gasteiger partial charge in [0.15, 0.2) is 0 Å². The molecule has 0 aliphatic heterocycles. The Labute approximate surface area is 182 Å². The largest absolute Gasteiger partial charge is 0.506 e. The lowest BCUT2D eigenvalue weighted by atomic mass is 10.1. The summed E-state index contributed by atoms with van der Waals surface area (Å²) < 4.78 is 20.2. The number of benzene rings is 2. The van der Waals surface area contributed by atoms with Crippen LogP contribution in [0.2, 0.25) is 0 Å². The Balaban J connectivity index is 1.74. The van der Waals surface area contributed by atoms with Crippen LogP contribution < -0.4 is 8.91 Å². The molecule has 1 atom stereocenters. The maximum Gasteiger partial charge on any atom is 0.316 e. The lowest BCUT2D eigenvalue weighted by Gasteiger charge is -2.12. The summed E-state index contributed by atoms with van der Waals surface area (Å²) in [6.07, 6.45) is 10.5. The average molecular weight is 436 g/mol. The number of anilines is 1. The zero-order valence-corrected chi connectivity index (χ0v) is 19.1. The van der Waals surface area contributed by atoms with Crippen molar-refractivity contribution in [2.24, 2.45) is 0 Å². The number of phenols is 1. The van der Waals surface area contributed by atoms with Crippen molar-refractivity contribution in [3.8, 4) is 11.5 Å². The maximum atomic E-state index is 12.1. The molecule has 0 radical (unpaired) electrons. The molecule has 4 nitrogen and oxygen atoms in total. The molecule has 29 heavy (non-hydrogen) atoms. The molecule has 0 fully saturated rings. The number of thioether (sulfide) groups is 1. The van der Waals surface area contributed by atoms with Crippen LogP contribution in [0.25, 0.3) is 0 Å². The molecule has 160 valence electrons. The Morgan fingerprint density at radius 1 is 1.00 bits per heavy atom. The molecule has 0 saturated heterocycles. The van der Waals surface area contributed by atoms with Gasteiger partial charge in [-0.1, -0.05) is 70.1 Å². The lowest BCUT2D eigenvalue weighted by Crippen LogP contribution is -2.11. The van der Waals surface area contributed by atoms with Crippen molar-refractivity contribution in [3.05, 3.63) is 48.0 Å². The van der Waals surface area contributed by atoms with Crippen molar-refractivity contribution in [1.82, 2.24) is 0 Å². The van der Waals surface area contributed by atoms with E-state index in [0.717, 1.165) is 16.2 Å². The number of unbranched alkanes of at least 4 members (excludes halogenated alkanes) is 7. The molecule has 0 saturated carbocycles. The first-order chi connectivity index (χ1) is 14.1. The number of aryl methyl sites for hydroxylation is 1. The second-order valence-corrected chi connectivity index (χ2v) is 9.17.